The van der Waals surface area contributed by atoms with E-state index >= 15 is 0 Å². The smallest absolute Gasteiger partial charge is 0.287 e. The van der Waals surface area contributed by atoms with Gasteiger partial charge in [-0.15, -0.1) is 0 Å². The number of ether oxygens (including phenoxy) is 1. The predicted octanol–water partition coefficient (Wildman–Crippen LogP) is 1.93. The highest BCUT2D eigenvalue weighted by Gasteiger charge is 2.24. The molecule has 0 aliphatic rings. The van der Waals surface area contributed by atoms with Crippen LogP contribution in [0, 0.1) is 12.3 Å². The van der Waals surface area contributed by atoms with Crippen molar-refractivity contribution < 1.29 is 13.9 Å². The Bertz CT molecular complexity index is 561. The molecule has 142 valence electrons. The lowest BCUT2D eigenvalue weighted by Crippen LogP contribution is -2.45. The fraction of sp³-hybridized carbons (Fsp3) is 0.667. The maximum absolute atomic E-state index is 11.9. The van der Waals surface area contributed by atoms with Gasteiger partial charge in [0.2, 0.25) is 0 Å². The first kappa shape index (κ1) is 21.0. The molecule has 1 unspecified atom stereocenters. The van der Waals surface area contributed by atoms with Gasteiger partial charge in [-0.25, -0.2) is 0 Å². The maximum Gasteiger partial charge on any atom is 0.287 e. The van der Waals surface area contributed by atoms with E-state index in [2.05, 4.69) is 41.7 Å². The summed E-state index contributed by atoms with van der Waals surface area (Å²) in [6.45, 7) is 10.2. The van der Waals surface area contributed by atoms with E-state index in [0.717, 1.165) is 17.9 Å². The van der Waals surface area contributed by atoms with Crippen molar-refractivity contribution in [1.82, 2.24) is 16.0 Å². The molecular formula is C18H32N4O3. The molecule has 3 N–H and O–H groups in total. The molecule has 0 aliphatic carbocycles. The summed E-state index contributed by atoms with van der Waals surface area (Å²) in [6, 6.07) is 1.77. The van der Waals surface area contributed by atoms with Crippen molar-refractivity contribution in [2.75, 3.05) is 33.8 Å². The van der Waals surface area contributed by atoms with Crippen LogP contribution in [0.1, 0.15) is 43.3 Å². The zero-order valence-corrected chi connectivity index (χ0v) is 16.2. The van der Waals surface area contributed by atoms with Gasteiger partial charge in [0.25, 0.3) is 5.91 Å². The third-order valence-electron chi connectivity index (χ3n) is 3.93. The number of nitrogens with zero attached hydrogens (tertiary/aromatic N) is 1. The number of guanidine groups is 1. The van der Waals surface area contributed by atoms with Crippen LogP contribution in [0.15, 0.2) is 21.7 Å². The topological polar surface area (TPSA) is 87.9 Å². The number of hydrogen-bond acceptors (Lipinski definition) is 4. The van der Waals surface area contributed by atoms with Crippen molar-refractivity contribution in [2.24, 2.45) is 10.4 Å². The second kappa shape index (κ2) is 10.1. The fourth-order valence-corrected chi connectivity index (χ4v) is 2.34. The standard InChI is InChI=1S/C18H32N4O3/c1-13-8-11-25-15(13)16(23)20-9-7-10-21-17(19-5)22-12-14(24-6)18(2,3)4/h8,11,14H,7,9-10,12H2,1-6H3,(H,20,23)(H2,19,21,22). The van der Waals surface area contributed by atoms with Crippen molar-refractivity contribution in [2.45, 2.75) is 40.2 Å². The highest BCUT2D eigenvalue weighted by atomic mass is 16.5. The van der Waals surface area contributed by atoms with E-state index in [-0.39, 0.29) is 17.4 Å². The third kappa shape index (κ3) is 7.17. The lowest BCUT2D eigenvalue weighted by atomic mass is 9.89. The summed E-state index contributed by atoms with van der Waals surface area (Å²) < 4.78 is 10.7. The summed E-state index contributed by atoms with van der Waals surface area (Å²) in [5.41, 5.74) is 0.890. The lowest BCUT2D eigenvalue weighted by molar-refractivity contribution is 0.0205. The summed E-state index contributed by atoms with van der Waals surface area (Å²) in [5.74, 6) is 0.913. The number of carbonyl (C=O) groups is 1. The highest BCUT2D eigenvalue weighted by Crippen LogP contribution is 2.20. The fourth-order valence-electron chi connectivity index (χ4n) is 2.34. The van der Waals surface area contributed by atoms with Crippen LogP contribution in [0.4, 0.5) is 0 Å². The highest BCUT2D eigenvalue weighted by molar-refractivity contribution is 5.92. The van der Waals surface area contributed by atoms with Crippen LogP contribution >= 0.6 is 0 Å². The van der Waals surface area contributed by atoms with Gasteiger partial charge in [-0.1, -0.05) is 20.8 Å². The molecule has 0 aliphatic heterocycles. The minimum atomic E-state index is -0.182. The third-order valence-corrected chi connectivity index (χ3v) is 3.93. The minimum absolute atomic E-state index is 0.0505. The van der Waals surface area contributed by atoms with Crippen LogP contribution in [0.2, 0.25) is 0 Å². The molecule has 7 heteroatoms. The van der Waals surface area contributed by atoms with Gasteiger partial charge in [-0.2, -0.15) is 0 Å². The molecule has 0 saturated heterocycles. The van der Waals surface area contributed by atoms with Gasteiger partial charge in [0.05, 0.1) is 12.4 Å². The molecule has 7 nitrogen and oxygen atoms in total. The van der Waals surface area contributed by atoms with Crippen LogP contribution in [0.25, 0.3) is 0 Å². The Hall–Kier alpha value is -2.02. The van der Waals surface area contributed by atoms with Gasteiger partial charge in [0.1, 0.15) is 0 Å². The summed E-state index contributed by atoms with van der Waals surface area (Å²) in [6.07, 6.45) is 2.38. The second-order valence-electron chi connectivity index (χ2n) is 7.01. The maximum atomic E-state index is 11.9. The Morgan fingerprint density at radius 3 is 2.48 bits per heavy atom. The molecule has 1 atom stereocenters. The molecule has 0 radical (unpaired) electrons. The van der Waals surface area contributed by atoms with E-state index in [1.165, 1.54) is 6.26 Å². The molecule has 0 aromatic carbocycles. The molecule has 1 aromatic heterocycles. The lowest BCUT2D eigenvalue weighted by Gasteiger charge is -2.30. The first-order valence-corrected chi connectivity index (χ1v) is 8.59. The summed E-state index contributed by atoms with van der Waals surface area (Å²) >= 11 is 0. The van der Waals surface area contributed by atoms with E-state index in [1.807, 2.05) is 6.92 Å². The largest absolute Gasteiger partial charge is 0.459 e. The second-order valence-corrected chi connectivity index (χ2v) is 7.01. The Morgan fingerprint density at radius 1 is 1.28 bits per heavy atom. The van der Waals surface area contributed by atoms with Crippen LogP contribution in [0.3, 0.4) is 0 Å². The van der Waals surface area contributed by atoms with Gasteiger partial charge < -0.3 is 25.1 Å². The first-order chi connectivity index (χ1) is 11.8. The van der Waals surface area contributed by atoms with Crippen LogP contribution < -0.4 is 16.0 Å². The summed E-state index contributed by atoms with van der Waals surface area (Å²) in [4.78, 5) is 16.1. The molecule has 1 amide bonds. The number of aryl methyl sites for hydroxylation is 1. The quantitative estimate of drug-likeness (QED) is 0.378. The molecule has 25 heavy (non-hydrogen) atoms. The van der Waals surface area contributed by atoms with Gasteiger partial charge in [-0.3, -0.25) is 9.79 Å². The Labute approximate surface area is 150 Å². The van der Waals surface area contributed by atoms with Crippen molar-refractivity contribution in [3.63, 3.8) is 0 Å². The number of rotatable bonds is 8. The Balaban J connectivity index is 2.25. The molecule has 0 saturated carbocycles. The number of nitrogens with one attached hydrogen (secondary N) is 3. The summed E-state index contributed by atoms with van der Waals surface area (Å²) in [7, 11) is 3.45. The van der Waals surface area contributed by atoms with E-state index in [0.29, 0.717) is 25.4 Å². The SMILES string of the molecule is CN=C(NCCCNC(=O)c1occc1C)NCC(OC)C(C)(C)C. The van der Waals surface area contributed by atoms with Crippen molar-refractivity contribution in [1.29, 1.82) is 0 Å². The monoisotopic (exact) mass is 352 g/mol. The van der Waals surface area contributed by atoms with E-state index in [1.54, 1.807) is 20.2 Å². The number of furan rings is 1. The molecule has 0 bridgehead atoms. The zero-order chi connectivity index (χ0) is 18.9. The molecule has 0 spiro atoms. The number of hydrogen-bond donors (Lipinski definition) is 3. The summed E-state index contributed by atoms with van der Waals surface area (Å²) in [5, 5.41) is 9.34. The normalized spacial score (nSPS) is 13.4. The van der Waals surface area contributed by atoms with Gasteiger partial charge >= 0.3 is 0 Å². The van der Waals surface area contributed by atoms with E-state index in [4.69, 9.17) is 9.15 Å². The van der Waals surface area contributed by atoms with Crippen molar-refractivity contribution in [3.05, 3.63) is 23.7 Å². The minimum Gasteiger partial charge on any atom is -0.459 e. The van der Waals surface area contributed by atoms with Gasteiger partial charge in [-0.05, 0) is 24.8 Å². The van der Waals surface area contributed by atoms with E-state index < -0.39 is 0 Å². The Morgan fingerprint density at radius 2 is 1.96 bits per heavy atom. The molecule has 0 fully saturated rings. The van der Waals surface area contributed by atoms with E-state index in [9.17, 15) is 4.79 Å². The average molecular weight is 352 g/mol. The predicted molar refractivity (Wildman–Crippen MR) is 100 cm³/mol. The van der Waals surface area contributed by atoms with Crippen molar-refractivity contribution in [3.8, 4) is 0 Å². The van der Waals surface area contributed by atoms with Crippen LogP contribution in [-0.4, -0.2) is 51.8 Å². The van der Waals surface area contributed by atoms with Crippen LogP contribution in [0.5, 0.6) is 0 Å². The number of aliphatic imine (C=N–C) groups is 1. The van der Waals surface area contributed by atoms with Crippen molar-refractivity contribution >= 4 is 11.9 Å². The number of amides is 1. The van der Waals surface area contributed by atoms with Gasteiger partial charge in [0.15, 0.2) is 11.7 Å². The molecule has 1 aromatic rings. The first-order valence-electron chi connectivity index (χ1n) is 8.59. The molecular weight excluding hydrogens is 320 g/mol. The molecule has 1 rings (SSSR count). The molecule has 1 heterocycles. The number of carbonyl (C=O) groups excluding carboxylic acids is 1. The number of methoxy groups -OCH3 is 1. The zero-order valence-electron chi connectivity index (χ0n) is 16.2. The van der Waals surface area contributed by atoms with Gasteiger partial charge in [0, 0.05) is 39.4 Å². The Kier molecular flexibility index (Phi) is 8.48. The average Bonchev–Trinajstić information content (AvgIpc) is 2.97. The van der Waals surface area contributed by atoms with Crippen LogP contribution in [-0.2, 0) is 4.74 Å².